The number of benzene rings is 1. The van der Waals surface area contributed by atoms with Gasteiger partial charge in [-0.15, -0.1) is 0 Å². The number of hydrogen-bond donors (Lipinski definition) is 0. The van der Waals surface area contributed by atoms with Crippen molar-refractivity contribution < 1.29 is 13.6 Å². The maximum atomic E-state index is 15.1. The number of likely N-dealkylation sites (tertiary alicyclic amines) is 1. The second kappa shape index (κ2) is 8.06. The molecule has 1 spiro atoms. The first-order valence-electron chi connectivity index (χ1n) is 11.3. The van der Waals surface area contributed by atoms with Gasteiger partial charge in [0.1, 0.15) is 11.6 Å². The molecule has 4 heterocycles. The molecule has 0 aliphatic carbocycles. The van der Waals surface area contributed by atoms with Gasteiger partial charge in [-0.2, -0.15) is 0 Å². The Hall–Kier alpha value is -2.34. The molecule has 1 amide bonds. The summed E-state index contributed by atoms with van der Waals surface area (Å²) in [6.07, 6.45) is 7.52. The summed E-state index contributed by atoms with van der Waals surface area (Å²) in [6.45, 7) is 5.11. The lowest BCUT2D eigenvalue weighted by molar-refractivity contribution is -0.133. The van der Waals surface area contributed by atoms with Gasteiger partial charge in [0, 0.05) is 25.3 Å². The van der Waals surface area contributed by atoms with Gasteiger partial charge >= 0.3 is 0 Å². The largest absolute Gasteiger partial charge is 0.468 e. The van der Waals surface area contributed by atoms with Crippen LogP contribution in [0.15, 0.2) is 41.0 Å². The maximum absolute atomic E-state index is 15.1. The predicted octanol–water partition coefficient (Wildman–Crippen LogP) is 4.43. The molecule has 3 fully saturated rings. The molecule has 0 saturated carbocycles. The van der Waals surface area contributed by atoms with Gasteiger partial charge in [0.15, 0.2) is 0 Å². The number of carbonyl (C=O) groups excluding carboxylic acids is 1. The summed E-state index contributed by atoms with van der Waals surface area (Å²) in [5.41, 5.74) is 1.03. The minimum atomic E-state index is -0.349. The number of nitrogens with zero attached hydrogens (tertiary/aromatic N) is 3. The van der Waals surface area contributed by atoms with Gasteiger partial charge in [-0.05, 0) is 81.9 Å². The molecule has 6 heteroatoms. The summed E-state index contributed by atoms with van der Waals surface area (Å²) in [4.78, 5) is 19.8. The Morgan fingerprint density at radius 2 is 1.77 bits per heavy atom. The van der Waals surface area contributed by atoms with Gasteiger partial charge in [-0.3, -0.25) is 9.69 Å². The highest BCUT2D eigenvalue weighted by molar-refractivity contribution is 5.98. The number of rotatable bonds is 4. The van der Waals surface area contributed by atoms with Gasteiger partial charge in [0.05, 0.1) is 23.9 Å². The van der Waals surface area contributed by atoms with Crippen LogP contribution in [0.5, 0.6) is 0 Å². The van der Waals surface area contributed by atoms with E-state index in [2.05, 4.69) is 9.80 Å². The molecular weight excluding hydrogens is 381 g/mol. The van der Waals surface area contributed by atoms with Crippen LogP contribution in [0, 0.1) is 11.2 Å². The minimum absolute atomic E-state index is 0.110. The zero-order valence-electron chi connectivity index (χ0n) is 17.5. The van der Waals surface area contributed by atoms with Crippen molar-refractivity contribution >= 4 is 17.3 Å². The van der Waals surface area contributed by atoms with Gasteiger partial charge < -0.3 is 14.2 Å². The van der Waals surface area contributed by atoms with E-state index in [0.29, 0.717) is 12.2 Å². The summed E-state index contributed by atoms with van der Waals surface area (Å²) in [7, 11) is 0. The molecule has 3 saturated heterocycles. The summed E-state index contributed by atoms with van der Waals surface area (Å²) in [5.74, 6) is 0.794. The number of furan rings is 1. The van der Waals surface area contributed by atoms with E-state index in [-0.39, 0.29) is 17.1 Å². The quantitative estimate of drug-likeness (QED) is 0.746. The minimum Gasteiger partial charge on any atom is -0.468 e. The molecule has 3 aliphatic heterocycles. The number of anilines is 2. The third-order valence-corrected chi connectivity index (χ3v) is 7.20. The van der Waals surface area contributed by atoms with E-state index in [1.807, 2.05) is 24.3 Å². The molecule has 0 radical (unpaired) electrons. The van der Waals surface area contributed by atoms with Crippen LogP contribution in [-0.4, -0.2) is 43.5 Å². The first-order valence-corrected chi connectivity index (χ1v) is 11.3. The van der Waals surface area contributed by atoms with Crippen molar-refractivity contribution in [3.05, 3.63) is 48.2 Å². The Bertz CT molecular complexity index is 884. The lowest BCUT2D eigenvalue weighted by atomic mass is 9.71. The molecule has 160 valence electrons. The number of hydrogen-bond acceptors (Lipinski definition) is 4. The normalized spacial score (nSPS) is 22.2. The molecule has 1 aromatic heterocycles. The average Bonchev–Trinajstić information content (AvgIpc) is 3.47. The molecule has 5 rings (SSSR count). The third kappa shape index (κ3) is 3.62. The highest BCUT2D eigenvalue weighted by Gasteiger charge is 2.46. The van der Waals surface area contributed by atoms with Gasteiger partial charge in [-0.25, -0.2) is 4.39 Å². The van der Waals surface area contributed by atoms with E-state index in [1.165, 1.54) is 0 Å². The third-order valence-electron chi connectivity index (χ3n) is 7.20. The van der Waals surface area contributed by atoms with Gasteiger partial charge in [0.25, 0.3) is 0 Å². The molecule has 1 aromatic carbocycles. The van der Waals surface area contributed by atoms with Crippen molar-refractivity contribution in [1.82, 2.24) is 4.90 Å². The Balaban J connectivity index is 1.29. The van der Waals surface area contributed by atoms with Gasteiger partial charge in [-0.1, -0.05) is 0 Å². The van der Waals surface area contributed by atoms with Crippen molar-refractivity contribution in [3.8, 4) is 0 Å². The Labute approximate surface area is 177 Å². The van der Waals surface area contributed by atoms with Gasteiger partial charge in [0.2, 0.25) is 5.91 Å². The topological polar surface area (TPSA) is 39.9 Å². The number of halogens is 1. The Morgan fingerprint density at radius 3 is 2.47 bits per heavy atom. The van der Waals surface area contributed by atoms with E-state index in [4.69, 9.17) is 4.42 Å². The fourth-order valence-electron chi connectivity index (χ4n) is 5.41. The van der Waals surface area contributed by atoms with Crippen LogP contribution < -0.4 is 9.80 Å². The van der Waals surface area contributed by atoms with Crippen molar-refractivity contribution in [3.63, 3.8) is 0 Å². The first kappa shape index (κ1) is 19.6. The summed E-state index contributed by atoms with van der Waals surface area (Å²) < 4.78 is 20.5. The van der Waals surface area contributed by atoms with Crippen LogP contribution in [0.1, 0.15) is 44.3 Å². The SMILES string of the molecule is O=C1N(c2ccc(N3CCCC3)cc2F)CCCC12CCN(Cc1ccco1)CC2. The van der Waals surface area contributed by atoms with E-state index in [1.54, 1.807) is 17.2 Å². The number of amides is 1. The highest BCUT2D eigenvalue weighted by Crippen LogP contribution is 2.43. The highest BCUT2D eigenvalue weighted by atomic mass is 19.1. The van der Waals surface area contributed by atoms with E-state index in [9.17, 15) is 4.79 Å². The Morgan fingerprint density at radius 1 is 0.967 bits per heavy atom. The summed E-state index contributed by atoms with van der Waals surface area (Å²) in [6, 6.07) is 9.30. The van der Waals surface area contributed by atoms with E-state index in [0.717, 1.165) is 82.7 Å². The van der Waals surface area contributed by atoms with Crippen molar-refractivity contribution in [2.45, 2.75) is 45.1 Å². The first-order chi connectivity index (χ1) is 14.6. The van der Waals surface area contributed by atoms with Crippen LogP contribution in [-0.2, 0) is 11.3 Å². The molecule has 5 nitrogen and oxygen atoms in total. The lowest BCUT2D eigenvalue weighted by Gasteiger charge is -2.46. The zero-order chi connectivity index (χ0) is 20.6. The molecule has 0 atom stereocenters. The zero-order valence-corrected chi connectivity index (χ0v) is 17.5. The van der Waals surface area contributed by atoms with Crippen molar-refractivity contribution in [2.24, 2.45) is 5.41 Å². The van der Waals surface area contributed by atoms with Crippen LogP contribution in [0.4, 0.5) is 15.8 Å². The molecule has 2 aromatic rings. The standard InChI is InChI=1S/C24H30FN3O2/c25-21-17-19(27-11-1-2-12-27)6-7-22(21)28-13-4-8-24(23(28)29)9-14-26(15-10-24)18-20-5-3-16-30-20/h3,5-7,16-17H,1-2,4,8-15,18H2. The molecule has 0 unspecified atom stereocenters. The van der Waals surface area contributed by atoms with E-state index >= 15 is 4.39 Å². The molecule has 0 N–H and O–H groups in total. The van der Waals surface area contributed by atoms with Crippen LogP contribution >= 0.6 is 0 Å². The fraction of sp³-hybridized carbons (Fsp3) is 0.542. The van der Waals surface area contributed by atoms with E-state index < -0.39 is 0 Å². The fourth-order valence-corrected chi connectivity index (χ4v) is 5.41. The molecule has 30 heavy (non-hydrogen) atoms. The number of carbonyl (C=O) groups is 1. The lowest BCUT2D eigenvalue weighted by Crippen LogP contribution is -2.53. The van der Waals surface area contributed by atoms with Crippen LogP contribution in [0.2, 0.25) is 0 Å². The number of piperidine rings is 2. The average molecular weight is 412 g/mol. The van der Waals surface area contributed by atoms with Crippen molar-refractivity contribution in [2.75, 3.05) is 42.5 Å². The molecular formula is C24H30FN3O2. The maximum Gasteiger partial charge on any atom is 0.233 e. The second-order valence-electron chi connectivity index (χ2n) is 9.03. The smallest absolute Gasteiger partial charge is 0.233 e. The molecule has 0 bridgehead atoms. The second-order valence-corrected chi connectivity index (χ2v) is 9.03. The molecule has 3 aliphatic rings. The monoisotopic (exact) mass is 411 g/mol. The Kier molecular flexibility index (Phi) is 5.27. The summed E-state index contributed by atoms with van der Waals surface area (Å²) in [5, 5.41) is 0. The summed E-state index contributed by atoms with van der Waals surface area (Å²) >= 11 is 0. The predicted molar refractivity (Wildman–Crippen MR) is 115 cm³/mol. The van der Waals surface area contributed by atoms with Crippen LogP contribution in [0.3, 0.4) is 0 Å². The van der Waals surface area contributed by atoms with Crippen molar-refractivity contribution in [1.29, 1.82) is 0 Å². The van der Waals surface area contributed by atoms with Crippen LogP contribution in [0.25, 0.3) is 0 Å².